The highest BCUT2D eigenvalue weighted by molar-refractivity contribution is 7.89. The first kappa shape index (κ1) is 16.0. The first-order valence-corrected chi connectivity index (χ1v) is 7.30. The number of hydrogen-bond acceptors (Lipinski definition) is 4. The largest absolute Gasteiger partial charge is 0.392 e. The Kier molecular flexibility index (Phi) is 5.86. The summed E-state index contributed by atoms with van der Waals surface area (Å²) in [5, 5.41) is 9.14. The Morgan fingerprint density at radius 1 is 1.42 bits per heavy atom. The van der Waals surface area contributed by atoms with Gasteiger partial charge in [-0.1, -0.05) is 6.07 Å². The van der Waals surface area contributed by atoms with Gasteiger partial charge in [0.2, 0.25) is 10.0 Å². The van der Waals surface area contributed by atoms with Gasteiger partial charge >= 0.3 is 0 Å². The van der Waals surface area contributed by atoms with Crippen LogP contribution in [-0.2, 0) is 21.4 Å². The van der Waals surface area contributed by atoms with Gasteiger partial charge in [-0.05, 0) is 24.6 Å². The van der Waals surface area contributed by atoms with Crippen molar-refractivity contribution in [3.8, 4) is 0 Å². The smallest absolute Gasteiger partial charge is 0.243 e. The summed E-state index contributed by atoms with van der Waals surface area (Å²) in [5.74, 6) is -0.658. The molecule has 19 heavy (non-hydrogen) atoms. The molecule has 0 saturated heterocycles. The molecule has 0 aliphatic heterocycles. The molecule has 1 rings (SSSR count). The van der Waals surface area contributed by atoms with E-state index in [0.29, 0.717) is 6.61 Å². The first-order chi connectivity index (χ1) is 8.93. The maximum absolute atomic E-state index is 13.2. The summed E-state index contributed by atoms with van der Waals surface area (Å²) >= 11 is 0. The Balaban J connectivity index is 3.02. The zero-order chi connectivity index (χ0) is 14.5. The molecule has 0 unspecified atom stereocenters. The molecule has 1 N–H and O–H groups in total. The molecule has 0 bridgehead atoms. The predicted molar refractivity (Wildman–Crippen MR) is 68.6 cm³/mol. The molecular weight excluding hydrogens is 273 g/mol. The topological polar surface area (TPSA) is 66.8 Å². The summed E-state index contributed by atoms with van der Waals surface area (Å²) < 4.78 is 43.9. The van der Waals surface area contributed by atoms with Crippen LogP contribution in [0.25, 0.3) is 0 Å². The summed E-state index contributed by atoms with van der Waals surface area (Å²) in [6, 6.07) is 3.29. The Bertz CT molecular complexity index is 518. The molecular formula is C12H18FNO4S. The van der Waals surface area contributed by atoms with Crippen LogP contribution in [0.4, 0.5) is 4.39 Å². The highest BCUT2D eigenvalue weighted by Crippen LogP contribution is 2.20. The summed E-state index contributed by atoms with van der Waals surface area (Å²) in [6.07, 6.45) is 0. The SMILES string of the molecule is CCOCCN(C)S(=O)(=O)c1cc(F)ccc1CO. The number of aliphatic hydroxyl groups is 1. The van der Waals surface area contributed by atoms with Crippen LogP contribution in [0.3, 0.4) is 0 Å². The van der Waals surface area contributed by atoms with Crippen LogP contribution in [0.15, 0.2) is 23.1 Å². The lowest BCUT2D eigenvalue weighted by atomic mass is 10.2. The maximum Gasteiger partial charge on any atom is 0.243 e. The molecule has 0 radical (unpaired) electrons. The maximum atomic E-state index is 13.2. The van der Waals surface area contributed by atoms with Crippen molar-refractivity contribution in [3.05, 3.63) is 29.6 Å². The van der Waals surface area contributed by atoms with Crippen molar-refractivity contribution < 1.29 is 22.7 Å². The fourth-order valence-corrected chi connectivity index (χ4v) is 2.90. The molecule has 1 aromatic rings. The van der Waals surface area contributed by atoms with E-state index in [4.69, 9.17) is 9.84 Å². The van der Waals surface area contributed by atoms with Crippen molar-refractivity contribution in [3.63, 3.8) is 0 Å². The molecule has 0 saturated carbocycles. The summed E-state index contributed by atoms with van der Waals surface area (Å²) in [7, 11) is -2.44. The van der Waals surface area contributed by atoms with E-state index in [9.17, 15) is 12.8 Å². The fraction of sp³-hybridized carbons (Fsp3) is 0.500. The van der Waals surface area contributed by atoms with Crippen molar-refractivity contribution >= 4 is 10.0 Å². The average Bonchev–Trinajstić information content (AvgIpc) is 2.38. The summed E-state index contributed by atoms with van der Waals surface area (Å²) in [6.45, 7) is 2.27. The van der Waals surface area contributed by atoms with E-state index in [1.807, 2.05) is 6.92 Å². The number of ether oxygens (including phenoxy) is 1. The second kappa shape index (κ2) is 6.95. The monoisotopic (exact) mass is 291 g/mol. The number of hydrogen-bond donors (Lipinski definition) is 1. The molecule has 0 aromatic heterocycles. The standard InChI is InChI=1S/C12H18FNO4S/c1-3-18-7-6-14(2)19(16,17)12-8-11(13)5-4-10(12)9-15/h4-5,8,15H,3,6-7,9H2,1-2H3. The molecule has 0 amide bonds. The van der Waals surface area contributed by atoms with Crippen LogP contribution in [-0.4, -0.2) is 44.6 Å². The van der Waals surface area contributed by atoms with Crippen molar-refractivity contribution in [1.82, 2.24) is 4.31 Å². The Morgan fingerprint density at radius 3 is 2.68 bits per heavy atom. The van der Waals surface area contributed by atoms with Crippen molar-refractivity contribution in [2.24, 2.45) is 0 Å². The predicted octanol–water partition coefficient (Wildman–Crippen LogP) is 0.975. The minimum atomic E-state index is -3.83. The zero-order valence-corrected chi connectivity index (χ0v) is 11.8. The Hall–Kier alpha value is -1.02. The van der Waals surface area contributed by atoms with Gasteiger partial charge in [0, 0.05) is 20.2 Å². The van der Waals surface area contributed by atoms with Gasteiger partial charge in [-0.3, -0.25) is 0 Å². The van der Waals surface area contributed by atoms with E-state index in [1.165, 1.54) is 13.1 Å². The van der Waals surface area contributed by atoms with Crippen LogP contribution in [0.1, 0.15) is 12.5 Å². The normalized spacial score (nSPS) is 12.1. The van der Waals surface area contributed by atoms with Gasteiger partial charge in [0.15, 0.2) is 0 Å². The Labute approximate surface area is 112 Å². The number of rotatable bonds is 7. The average molecular weight is 291 g/mol. The molecule has 0 spiro atoms. The van der Waals surface area contributed by atoms with Gasteiger partial charge in [0.25, 0.3) is 0 Å². The number of halogens is 1. The van der Waals surface area contributed by atoms with E-state index in [-0.39, 0.29) is 23.6 Å². The van der Waals surface area contributed by atoms with Crippen LogP contribution >= 0.6 is 0 Å². The Morgan fingerprint density at radius 2 is 2.11 bits per heavy atom. The fourth-order valence-electron chi connectivity index (χ4n) is 1.52. The minimum absolute atomic E-state index is 0.164. The van der Waals surface area contributed by atoms with Crippen molar-refractivity contribution in [2.45, 2.75) is 18.4 Å². The van der Waals surface area contributed by atoms with Gasteiger partial charge in [0.1, 0.15) is 5.82 Å². The highest BCUT2D eigenvalue weighted by Gasteiger charge is 2.24. The summed E-state index contributed by atoms with van der Waals surface area (Å²) in [5.41, 5.74) is 0.171. The van der Waals surface area contributed by atoms with Crippen LogP contribution < -0.4 is 0 Å². The number of benzene rings is 1. The number of likely N-dealkylation sites (N-methyl/N-ethyl adjacent to an activating group) is 1. The second-order valence-electron chi connectivity index (χ2n) is 3.93. The van der Waals surface area contributed by atoms with E-state index in [0.717, 1.165) is 16.4 Å². The van der Waals surface area contributed by atoms with E-state index >= 15 is 0 Å². The van der Waals surface area contributed by atoms with Crippen LogP contribution in [0.5, 0.6) is 0 Å². The number of aliphatic hydroxyl groups excluding tert-OH is 1. The molecule has 0 aliphatic carbocycles. The van der Waals surface area contributed by atoms with E-state index in [2.05, 4.69) is 0 Å². The van der Waals surface area contributed by atoms with Gasteiger partial charge in [-0.25, -0.2) is 12.8 Å². The van der Waals surface area contributed by atoms with Gasteiger partial charge < -0.3 is 9.84 Å². The minimum Gasteiger partial charge on any atom is -0.392 e. The lowest BCUT2D eigenvalue weighted by Crippen LogP contribution is -2.31. The molecule has 0 aliphatic rings. The first-order valence-electron chi connectivity index (χ1n) is 5.86. The quantitative estimate of drug-likeness (QED) is 0.760. The molecule has 0 fully saturated rings. The van der Waals surface area contributed by atoms with E-state index < -0.39 is 22.4 Å². The third-order valence-electron chi connectivity index (χ3n) is 2.64. The molecule has 7 heteroatoms. The lowest BCUT2D eigenvalue weighted by Gasteiger charge is -2.18. The third-order valence-corrected chi connectivity index (χ3v) is 4.58. The van der Waals surface area contributed by atoms with E-state index in [1.54, 1.807) is 0 Å². The second-order valence-corrected chi connectivity index (χ2v) is 5.95. The van der Waals surface area contributed by atoms with Crippen LogP contribution in [0, 0.1) is 5.82 Å². The van der Waals surface area contributed by atoms with Gasteiger partial charge in [0.05, 0.1) is 18.1 Å². The lowest BCUT2D eigenvalue weighted by molar-refractivity contribution is 0.138. The van der Waals surface area contributed by atoms with Crippen molar-refractivity contribution in [2.75, 3.05) is 26.8 Å². The molecule has 108 valence electrons. The molecule has 5 nitrogen and oxygen atoms in total. The molecule has 0 atom stereocenters. The summed E-state index contributed by atoms with van der Waals surface area (Å²) in [4.78, 5) is -0.214. The number of sulfonamides is 1. The molecule has 0 heterocycles. The third kappa shape index (κ3) is 3.97. The highest BCUT2D eigenvalue weighted by atomic mass is 32.2. The van der Waals surface area contributed by atoms with Crippen molar-refractivity contribution in [1.29, 1.82) is 0 Å². The molecule has 1 aromatic carbocycles. The zero-order valence-electron chi connectivity index (χ0n) is 11.0. The number of nitrogens with zero attached hydrogens (tertiary/aromatic N) is 1. The van der Waals surface area contributed by atoms with Gasteiger partial charge in [-0.15, -0.1) is 0 Å². The van der Waals surface area contributed by atoms with Gasteiger partial charge in [-0.2, -0.15) is 4.31 Å². The van der Waals surface area contributed by atoms with Crippen LogP contribution in [0.2, 0.25) is 0 Å².